The van der Waals surface area contributed by atoms with E-state index in [2.05, 4.69) is 0 Å². The summed E-state index contributed by atoms with van der Waals surface area (Å²) < 4.78 is 11.1. The minimum absolute atomic E-state index is 0.287. The van der Waals surface area contributed by atoms with Gasteiger partial charge in [0.1, 0.15) is 0 Å². The number of aliphatic hydroxyl groups excluding tert-OH is 1. The number of aliphatic hydroxyl groups is 1. The van der Waals surface area contributed by atoms with E-state index in [1.54, 1.807) is 6.92 Å². The topological polar surface area (TPSA) is 63.3 Å². The molecule has 0 saturated carbocycles. The van der Waals surface area contributed by atoms with E-state index >= 15 is 0 Å². The molecule has 3 N–H and O–H groups in total. The van der Waals surface area contributed by atoms with Gasteiger partial charge in [0, 0.05) is 22.3 Å². The SMILES string of the molecule is CC(O)CS(=O)CC(C)CN. The Labute approximate surface area is 70.4 Å². The highest BCUT2D eigenvalue weighted by molar-refractivity contribution is 7.85. The molecule has 0 aromatic rings. The Kier molecular flexibility index (Phi) is 5.72. The Morgan fingerprint density at radius 1 is 1.45 bits per heavy atom. The second-order valence-electron chi connectivity index (χ2n) is 2.96. The van der Waals surface area contributed by atoms with Crippen LogP contribution in [-0.4, -0.2) is 33.5 Å². The molecule has 0 rings (SSSR count). The molecule has 11 heavy (non-hydrogen) atoms. The first-order valence-electron chi connectivity index (χ1n) is 3.79. The van der Waals surface area contributed by atoms with Gasteiger partial charge in [-0.3, -0.25) is 4.21 Å². The zero-order valence-electron chi connectivity index (χ0n) is 7.12. The smallest absolute Gasteiger partial charge is 0.0627 e. The summed E-state index contributed by atoms with van der Waals surface area (Å²) in [6, 6.07) is 0. The van der Waals surface area contributed by atoms with Gasteiger partial charge in [0.2, 0.25) is 0 Å². The van der Waals surface area contributed by atoms with Crippen LogP contribution >= 0.6 is 0 Å². The van der Waals surface area contributed by atoms with Crippen LogP contribution in [0.1, 0.15) is 13.8 Å². The maximum Gasteiger partial charge on any atom is 0.0627 e. The monoisotopic (exact) mass is 179 g/mol. The minimum Gasteiger partial charge on any atom is -0.392 e. The van der Waals surface area contributed by atoms with E-state index in [4.69, 9.17) is 10.8 Å². The Hall–Kier alpha value is 0.0700. The maximum atomic E-state index is 11.1. The third kappa shape index (κ3) is 6.47. The summed E-state index contributed by atoms with van der Waals surface area (Å²) in [6.45, 7) is 4.16. The largest absolute Gasteiger partial charge is 0.392 e. The van der Waals surface area contributed by atoms with Crippen molar-refractivity contribution in [3.8, 4) is 0 Å². The summed E-state index contributed by atoms with van der Waals surface area (Å²) in [5.41, 5.74) is 5.35. The van der Waals surface area contributed by atoms with E-state index in [-0.39, 0.29) is 5.92 Å². The lowest BCUT2D eigenvalue weighted by atomic mass is 10.2. The summed E-state index contributed by atoms with van der Waals surface area (Å²) in [5, 5.41) is 8.88. The molecule has 3 unspecified atom stereocenters. The van der Waals surface area contributed by atoms with Crippen LogP contribution in [0.4, 0.5) is 0 Å². The van der Waals surface area contributed by atoms with Crippen molar-refractivity contribution in [1.82, 2.24) is 0 Å². The first-order valence-corrected chi connectivity index (χ1v) is 5.28. The molecule has 0 aliphatic rings. The van der Waals surface area contributed by atoms with Gasteiger partial charge < -0.3 is 10.8 Å². The predicted molar refractivity (Wildman–Crippen MR) is 47.8 cm³/mol. The summed E-state index contributed by atoms with van der Waals surface area (Å²) >= 11 is 0. The van der Waals surface area contributed by atoms with Crippen molar-refractivity contribution in [2.75, 3.05) is 18.1 Å². The molecular weight excluding hydrogens is 162 g/mol. The molecule has 0 aliphatic carbocycles. The van der Waals surface area contributed by atoms with Crippen molar-refractivity contribution in [3.63, 3.8) is 0 Å². The minimum atomic E-state index is -0.910. The van der Waals surface area contributed by atoms with E-state index in [1.807, 2.05) is 6.92 Å². The first-order chi connectivity index (χ1) is 5.06. The van der Waals surface area contributed by atoms with Gasteiger partial charge in [-0.25, -0.2) is 0 Å². The van der Waals surface area contributed by atoms with Crippen molar-refractivity contribution in [1.29, 1.82) is 0 Å². The number of nitrogens with two attached hydrogens (primary N) is 1. The Morgan fingerprint density at radius 3 is 2.36 bits per heavy atom. The van der Waals surface area contributed by atoms with Crippen LogP contribution in [0.5, 0.6) is 0 Å². The van der Waals surface area contributed by atoms with Crippen LogP contribution in [0.15, 0.2) is 0 Å². The number of hydrogen-bond acceptors (Lipinski definition) is 3. The Morgan fingerprint density at radius 2 is 2.00 bits per heavy atom. The molecule has 3 atom stereocenters. The quantitative estimate of drug-likeness (QED) is 0.609. The van der Waals surface area contributed by atoms with Crippen LogP contribution in [-0.2, 0) is 10.8 Å². The summed E-state index contributed by atoms with van der Waals surface area (Å²) in [7, 11) is -0.910. The number of rotatable bonds is 5. The van der Waals surface area contributed by atoms with Gasteiger partial charge in [0.15, 0.2) is 0 Å². The molecule has 3 nitrogen and oxygen atoms in total. The second kappa shape index (κ2) is 5.69. The van der Waals surface area contributed by atoms with Crippen LogP contribution in [0.2, 0.25) is 0 Å². The molecule has 0 fully saturated rings. The molecule has 0 heterocycles. The van der Waals surface area contributed by atoms with E-state index in [0.29, 0.717) is 18.1 Å². The molecule has 4 heteroatoms. The zero-order valence-corrected chi connectivity index (χ0v) is 7.93. The van der Waals surface area contributed by atoms with Crippen LogP contribution in [0.3, 0.4) is 0 Å². The molecule has 0 aromatic heterocycles. The standard InChI is InChI=1S/C7H17NO2S/c1-6(3-8)4-11(10)5-7(2)9/h6-7,9H,3-5,8H2,1-2H3. The fourth-order valence-electron chi connectivity index (χ4n) is 0.722. The van der Waals surface area contributed by atoms with E-state index in [0.717, 1.165) is 0 Å². The second-order valence-corrected chi connectivity index (χ2v) is 4.51. The Balaban J connectivity index is 3.52. The lowest BCUT2D eigenvalue weighted by Crippen LogP contribution is -2.22. The normalized spacial score (nSPS) is 19.3. The van der Waals surface area contributed by atoms with Gasteiger partial charge in [-0.2, -0.15) is 0 Å². The van der Waals surface area contributed by atoms with Crippen LogP contribution < -0.4 is 5.73 Å². The average Bonchev–Trinajstić information content (AvgIpc) is 1.85. The molecule has 0 bridgehead atoms. The van der Waals surface area contributed by atoms with Gasteiger partial charge in [-0.15, -0.1) is 0 Å². The van der Waals surface area contributed by atoms with Crippen molar-refractivity contribution in [3.05, 3.63) is 0 Å². The molecule has 0 amide bonds. The molecule has 0 aromatic carbocycles. The van der Waals surface area contributed by atoms with E-state index in [9.17, 15) is 4.21 Å². The summed E-state index contributed by atoms with van der Waals surface area (Å²) in [5.74, 6) is 1.25. The zero-order chi connectivity index (χ0) is 8.85. The van der Waals surface area contributed by atoms with Crippen molar-refractivity contribution in [2.45, 2.75) is 20.0 Å². The number of hydrogen-bond donors (Lipinski definition) is 2. The van der Waals surface area contributed by atoms with E-state index < -0.39 is 16.9 Å². The van der Waals surface area contributed by atoms with Crippen molar-refractivity contribution in [2.24, 2.45) is 11.7 Å². The molecule has 0 aliphatic heterocycles. The maximum absolute atomic E-state index is 11.1. The third-order valence-corrected chi connectivity index (χ3v) is 3.09. The van der Waals surface area contributed by atoms with Gasteiger partial charge in [0.05, 0.1) is 6.10 Å². The van der Waals surface area contributed by atoms with Crippen LogP contribution in [0.25, 0.3) is 0 Å². The molecule has 68 valence electrons. The fraction of sp³-hybridized carbons (Fsp3) is 1.00. The fourth-order valence-corrected chi connectivity index (χ4v) is 2.17. The Bertz CT molecular complexity index is 128. The average molecular weight is 179 g/mol. The molecule has 0 spiro atoms. The van der Waals surface area contributed by atoms with Crippen LogP contribution in [0, 0.1) is 5.92 Å². The third-order valence-electron chi connectivity index (χ3n) is 1.30. The highest BCUT2D eigenvalue weighted by Gasteiger charge is 2.07. The van der Waals surface area contributed by atoms with Gasteiger partial charge in [-0.05, 0) is 19.4 Å². The molecule has 0 saturated heterocycles. The van der Waals surface area contributed by atoms with E-state index in [1.165, 1.54) is 0 Å². The van der Waals surface area contributed by atoms with Crippen molar-refractivity contribution < 1.29 is 9.32 Å². The predicted octanol–water partition coefficient (Wildman–Crippen LogP) is -0.289. The van der Waals surface area contributed by atoms with Gasteiger partial charge in [-0.1, -0.05) is 6.92 Å². The lowest BCUT2D eigenvalue weighted by Gasteiger charge is -2.08. The van der Waals surface area contributed by atoms with Gasteiger partial charge in [0.25, 0.3) is 0 Å². The summed E-state index contributed by atoms with van der Waals surface area (Å²) in [4.78, 5) is 0. The lowest BCUT2D eigenvalue weighted by molar-refractivity contribution is 0.219. The molecule has 0 radical (unpaired) electrons. The highest BCUT2D eigenvalue weighted by atomic mass is 32.2. The van der Waals surface area contributed by atoms with Crippen molar-refractivity contribution >= 4 is 10.8 Å². The highest BCUT2D eigenvalue weighted by Crippen LogP contribution is 1.97. The summed E-state index contributed by atoms with van der Waals surface area (Å²) in [6.07, 6.45) is -0.471. The molecular formula is C7H17NO2S. The van der Waals surface area contributed by atoms with Gasteiger partial charge >= 0.3 is 0 Å². The first kappa shape index (κ1) is 11.1.